The number of nitrogens with zero attached hydrogens (tertiary/aromatic N) is 3. The second-order valence-corrected chi connectivity index (χ2v) is 9.98. The number of aromatic nitrogens is 2. The van der Waals surface area contributed by atoms with E-state index in [4.69, 9.17) is 40.5 Å². The number of benzene rings is 2. The Bertz CT molecular complexity index is 1290. The minimum atomic E-state index is -0.960. The molecule has 1 aromatic heterocycles. The average molecular weight is 519 g/mol. The van der Waals surface area contributed by atoms with Crippen molar-refractivity contribution in [2.24, 2.45) is 11.1 Å². The molecule has 0 aliphatic heterocycles. The number of carbonyl (C=O) groups is 2. The Morgan fingerprint density at radius 1 is 1.12 bits per heavy atom. The molecular weight excluding hydrogens is 497 g/mol. The van der Waals surface area contributed by atoms with E-state index in [9.17, 15) is 14.9 Å². The molecule has 0 saturated heterocycles. The van der Waals surface area contributed by atoms with Crippen molar-refractivity contribution in [3.8, 4) is 23.0 Å². The van der Waals surface area contributed by atoms with Gasteiger partial charge in [0.1, 0.15) is 6.04 Å². The van der Waals surface area contributed by atoms with E-state index in [1.54, 1.807) is 63.2 Å². The highest BCUT2D eigenvalue weighted by molar-refractivity contribution is 6.35. The van der Waals surface area contributed by atoms with Crippen molar-refractivity contribution in [1.82, 2.24) is 15.1 Å². The van der Waals surface area contributed by atoms with Crippen molar-refractivity contribution in [2.45, 2.75) is 33.2 Å². The molecule has 3 N–H and O–H groups in total. The summed E-state index contributed by atoms with van der Waals surface area (Å²) < 4.78 is 1.49. The van der Waals surface area contributed by atoms with E-state index >= 15 is 0 Å². The van der Waals surface area contributed by atoms with Crippen LogP contribution in [-0.2, 0) is 11.2 Å². The van der Waals surface area contributed by atoms with Gasteiger partial charge in [-0.1, -0.05) is 67.7 Å². The zero-order chi connectivity index (χ0) is 25.2. The summed E-state index contributed by atoms with van der Waals surface area (Å²) in [6.07, 6.45) is -0.122. The SMILES string of the molecule is CC(C)(C)C(NC(=O)c1nn(-c2ccc(Cl)cc2Cl)c(-c2ccc(Cl)cc2)c1CC#N)C(N)=O. The predicted octanol–water partition coefficient (Wildman–Crippen LogP) is 5.20. The minimum Gasteiger partial charge on any atom is -0.368 e. The summed E-state index contributed by atoms with van der Waals surface area (Å²) in [5, 5.41) is 18.0. The first-order chi connectivity index (χ1) is 15.9. The van der Waals surface area contributed by atoms with Crippen molar-refractivity contribution in [2.75, 3.05) is 0 Å². The minimum absolute atomic E-state index is 0.0204. The van der Waals surface area contributed by atoms with Gasteiger partial charge >= 0.3 is 0 Å². The monoisotopic (exact) mass is 517 g/mol. The van der Waals surface area contributed by atoms with E-state index in [1.807, 2.05) is 0 Å². The topological polar surface area (TPSA) is 114 Å². The smallest absolute Gasteiger partial charge is 0.272 e. The maximum atomic E-state index is 13.3. The Hall–Kier alpha value is -3.05. The summed E-state index contributed by atoms with van der Waals surface area (Å²) in [5.41, 5.74) is 6.84. The van der Waals surface area contributed by atoms with Crippen molar-refractivity contribution in [1.29, 1.82) is 5.26 Å². The fourth-order valence-corrected chi connectivity index (χ4v) is 4.14. The largest absolute Gasteiger partial charge is 0.368 e. The molecule has 3 aromatic rings. The number of hydrogen-bond donors (Lipinski definition) is 2. The summed E-state index contributed by atoms with van der Waals surface area (Å²) in [5.74, 6) is -1.32. The third-order valence-electron chi connectivity index (χ3n) is 5.14. The lowest BCUT2D eigenvalue weighted by molar-refractivity contribution is -0.122. The number of hydrogen-bond acceptors (Lipinski definition) is 4. The van der Waals surface area contributed by atoms with Crippen LogP contribution >= 0.6 is 34.8 Å². The second kappa shape index (κ2) is 10.1. The molecule has 7 nitrogen and oxygen atoms in total. The van der Waals surface area contributed by atoms with Gasteiger partial charge in [0.25, 0.3) is 5.91 Å². The number of rotatable bonds is 6. The number of nitrogens with two attached hydrogens (primary N) is 1. The number of nitrogens with one attached hydrogen (secondary N) is 1. The summed E-state index contributed by atoms with van der Waals surface area (Å²) >= 11 is 18.6. The molecule has 176 valence electrons. The Morgan fingerprint density at radius 2 is 1.74 bits per heavy atom. The number of primary amides is 1. The molecular formula is C24H22Cl3N5O2. The molecule has 0 fully saturated rings. The van der Waals surface area contributed by atoms with Gasteiger partial charge in [-0.3, -0.25) is 9.59 Å². The number of halogens is 3. The molecule has 2 aromatic carbocycles. The van der Waals surface area contributed by atoms with Crippen LogP contribution in [0.15, 0.2) is 42.5 Å². The number of amides is 2. The Morgan fingerprint density at radius 3 is 2.26 bits per heavy atom. The van der Waals surface area contributed by atoms with E-state index in [-0.39, 0.29) is 12.1 Å². The Kier molecular flexibility index (Phi) is 7.57. The molecule has 10 heteroatoms. The first kappa shape index (κ1) is 25.6. The molecule has 1 heterocycles. The zero-order valence-corrected chi connectivity index (χ0v) is 21.0. The van der Waals surface area contributed by atoms with Gasteiger partial charge in [-0.2, -0.15) is 10.4 Å². The first-order valence-electron chi connectivity index (χ1n) is 10.2. The van der Waals surface area contributed by atoms with Crippen LogP contribution in [0.3, 0.4) is 0 Å². The molecule has 0 radical (unpaired) electrons. The summed E-state index contributed by atoms with van der Waals surface area (Å²) in [7, 11) is 0. The molecule has 0 aliphatic rings. The average Bonchev–Trinajstić information content (AvgIpc) is 3.10. The third-order valence-corrected chi connectivity index (χ3v) is 5.93. The van der Waals surface area contributed by atoms with Crippen LogP contribution in [0, 0.1) is 16.7 Å². The predicted molar refractivity (Wildman–Crippen MR) is 133 cm³/mol. The van der Waals surface area contributed by atoms with Crippen molar-refractivity contribution >= 4 is 46.6 Å². The quantitative estimate of drug-likeness (QED) is 0.467. The van der Waals surface area contributed by atoms with Crippen LogP contribution in [0.25, 0.3) is 16.9 Å². The summed E-state index contributed by atoms with van der Waals surface area (Å²) in [6.45, 7) is 5.35. The molecule has 0 aliphatic carbocycles. The van der Waals surface area contributed by atoms with Crippen molar-refractivity contribution in [3.05, 3.63) is 68.8 Å². The van der Waals surface area contributed by atoms with E-state index < -0.39 is 23.3 Å². The summed E-state index contributed by atoms with van der Waals surface area (Å²) in [6, 6.07) is 12.9. The van der Waals surface area contributed by atoms with Gasteiger partial charge in [-0.05, 0) is 35.7 Å². The molecule has 0 spiro atoms. The van der Waals surface area contributed by atoms with Crippen LogP contribution in [0.1, 0.15) is 36.8 Å². The molecule has 0 bridgehead atoms. The van der Waals surface area contributed by atoms with Crippen molar-refractivity contribution in [3.63, 3.8) is 0 Å². The maximum Gasteiger partial charge on any atom is 0.272 e. The Labute approximate surface area is 212 Å². The Balaban J connectivity index is 2.27. The molecule has 1 atom stereocenters. The lowest BCUT2D eigenvalue weighted by Gasteiger charge is -2.28. The van der Waals surface area contributed by atoms with Gasteiger partial charge in [-0.25, -0.2) is 4.68 Å². The molecule has 0 saturated carbocycles. The fourth-order valence-electron chi connectivity index (χ4n) is 3.52. The van der Waals surface area contributed by atoms with Crippen LogP contribution in [0.4, 0.5) is 0 Å². The zero-order valence-electron chi connectivity index (χ0n) is 18.7. The first-order valence-corrected chi connectivity index (χ1v) is 11.4. The highest BCUT2D eigenvalue weighted by atomic mass is 35.5. The van der Waals surface area contributed by atoms with Gasteiger partial charge in [0.2, 0.25) is 5.91 Å². The maximum absolute atomic E-state index is 13.3. The van der Waals surface area contributed by atoms with E-state index in [0.29, 0.717) is 37.6 Å². The lowest BCUT2D eigenvalue weighted by Crippen LogP contribution is -2.52. The normalized spacial score (nSPS) is 12.1. The van der Waals surface area contributed by atoms with Gasteiger partial charge in [0.15, 0.2) is 5.69 Å². The van der Waals surface area contributed by atoms with Gasteiger partial charge in [-0.15, -0.1) is 0 Å². The fraction of sp³-hybridized carbons (Fsp3) is 0.250. The van der Waals surface area contributed by atoms with Gasteiger partial charge < -0.3 is 11.1 Å². The number of carbonyl (C=O) groups excluding carboxylic acids is 2. The van der Waals surface area contributed by atoms with Gasteiger partial charge in [0, 0.05) is 21.2 Å². The van der Waals surface area contributed by atoms with Gasteiger partial charge in [0.05, 0.1) is 28.9 Å². The van der Waals surface area contributed by atoms with Crippen LogP contribution < -0.4 is 11.1 Å². The highest BCUT2D eigenvalue weighted by Crippen LogP contribution is 2.34. The van der Waals surface area contributed by atoms with Crippen LogP contribution in [0.2, 0.25) is 15.1 Å². The molecule has 3 rings (SSSR count). The highest BCUT2D eigenvalue weighted by Gasteiger charge is 2.34. The van der Waals surface area contributed by atoms with E-state index in [1.165, 1.54) is 4.68 Å². The number of nitriles is 1. The van der Waals surface area contributed by atoms with Crippen LogP contribution in [0.5, 0.6) is 0 Å². The molecule has 1 unspecified atom stereocenters. The van der Waals surface area contributed by atoms with Crippen LogP contribution in [-0.4, -0.2) is 27.6 Å². The molecule has 34 heavy (non-hydrogen) atoms. The van der Waals surface area contributed by atoms with Crippen molar-refractivity contribution < 1.29 is 9.59 Å². The second-order valence-electron chi connectivity index (χ2n) is 8.70. The molecule has 2 amide bonds. The summed E-state index contributed by atoms with van der Waals surface area (Å²) in [4.78, 5) is 25.4. The van der Waals surface area contributed by atoms with E-state index in [2.05, 4.69) is 16.5 Å². The third kappa shape index (κ3) is 5.36. The van der Waals surface area contributed by atoms with E-state index in [0.717, 1.165) is 0 Å². The standard InChI is InChI=1S/C24H22Cl3N5O2/c1-24(2,3)21(22(29)33)30-23(34)19-16(10-11-28)20(13-4-6-14(25)7-5-13)32(31-19)18-9-8-15(26)12-17(18)27/h4-9,12,21H,10H2,1-3H3,(H2,29,33)(H,30,34). The lowest BCUT2D eigenvalue weighted by atomic mass is 9.86.